The van der Waals surface area contributed by atoms with Crippen LogP contribution in [0.4, 0.5) is 0 Å². The first-order chi connectivity index (χ1) is 11.1. The summed E-state index contributed by atoms with van der Waals surface area (Å²) in [4.78, 5) is 24.9. The molecule has 0 bridgehead atoms. The molecule has 0 unspecified atom stereocenters. The molecule has 0 aliphatic heterocycles. The van der Waals surface area contributed by atoms with E-state index in [2.05, 4.69) is 5.10 Å². The van der Waals surface area contributed by atoms with Crippen molar-refractivity contribution in [2.45, 2.75) is 20.4 Å². The van der Waals surface area contributed by atoms with Gasteiger partial charge in [0.25, 0.3) is 5.56 Å². The van der Waals surface area contributed by atoms with Gasteiger partial charge in [0.05, 0.1) is 18.7 Å². The number of ether oxygens (including phenoxy) is 1. The highest BCUT2D eigenvalue weighted by Gasteiger charge is 2.18. The minimum Gasteiger partial charge on any atom is -0.462 e. The van der Waals surface area contributed by atoms with E-state index >= 15 is 0 Å². The van der Waals surface area contributed by atoms with Gasteiger partial charge in [0.2, 0.25) is 0 Å². The standard InChI is InChI=1S/C17H17N3O3/c1-3-23-17(22)14-9-10-20-15(14)16(21)19(12(2)18-20)11-13-7-5-4-6-8-13/h4-10H,3,11H2,1-2H3. The van der Waals surface area contributed by atoms with Gasteiger partial charge in [-0.15, -0.1) is 0 Å². The topological polar surface area (TPSA) is 65.6 Å². The zero-order valence-electron chi connectivity index (χ0n) is 13.0. The van der Waals surface area contributed by atoms with Gasteiger partial charge < -0.3 is 4.74 Å². The number of aryl methyl sites for hydroxylation is 1. The summed E-state index contributed by atoms with van der Waals surface area (Å²) in [5.74, 6) is 0.0707. The molecule has 0 atom stereocenters. The summed E-state index contributed by atoms with van der Waals surface area (Å²) in [6.07, 6.45) is 1.60. The van der Waals surface area contributed by atoms with Gasteiger partial charge in [-0.05, 0) is 25.5 Å². The Morgan fingerprint density at radius 3 is 2.65 bits per heavy atom. The van der Waals surface area contributed by atoms with Crippen LogP contribution in [0.5, 0.6) is 0 Å². The van der Waals surface area contributed by atoms with Crippen LogP contribution in [0.3, 0.4) is 0 Å². The Bertz CT molecular complexity index is 910. The third kappa shape index (κ3) is 2.75. The maximum Gasteiger partial charge on any atom is 0.340 e. The highest BCUT2D eigenvalue weighted by molar-refractivity contribution is 5.96. The highest BCUT2D eigenvalue weighted by Crippen LogP contribution is 2.11. The van der Waals surface area contributed by atoms with Crippen molar-refractivity contribution in [2.24, 2.45) is 0 Å². The van der Waals surface area contributed by atoms with E-state index in [-0.39, 0.29) is 23.2 Å². The third-order valence-corrected chi connectivity index (χ3v) is 3.64. The number of benzene rings is 1. The largest absolute Gasteiger partial charge is 0.462 e. The van der Waals surface area contributed by atoms with Crippen LogP contribution in [0.15, 0.2) is 47.4 Å². The van der Waals surface area contributed by atoms with Crippen molar-refractivity contribution in [3.05, 3.63) is 69.9 Å². The van der Waals surface area contributed by atoms with Crippen molar-refractivity contribution in [1.82, 2.24) is 14.2 Å². The smallest absolute Gasteiger partial charge is 0.340 e. The van der Waals surface area contributed by atoms with Gasteiger partial charge in [0.15, 0.2) is 0 Å². The molecule has 0 aliphatic carbocycles. The molecular formula is C17H17N3O3. The SMILES string of the molecule is CCOC(=O)c1ccn2nc(C)n(Cc3ccccc3)c(=O)c12. The lowest BCUT2D eigenvalue weighted by atomic mass is 10.2. The first-order valence-electron chi connectivity index (χ1n) is 7.41. The fourth-order valence-corrected chi connectivity index (χ4v) is 2.53. The van der Waals surface area contributed by atoms with E-state index in [1.54, 1.807) is 30.7 Å². The highest BCUT2D eigenvalue weighted by atomic mass is 16.5. The molecule has 0 amide bonds. The first-order valence-corrected chi connectivity index (χ1v) is 7.41. The molecule has 1 aromatic carbocycles. The van der Waals surface area contributed by atoms with Gasteiger partial charge in [0, 0.05) is 6.20 Å². The minimum atomic E-state index is -0.510. The summed E-state index contributed by atoms with van der Waals surface area (Å²) >= 11 is 0. The summed E-state index contributed by atoms with van der Waals surface area (Å²) < 4.78 is 8.01. The summed E-state index contributed by atoms with van der Waals surface area (Å²) in [5.41, 5.74) is 1.22. The Hall–Kier alpha value is -2.89. The van der Waals surface area contributed by atoms with Crippen molar-refractivity contribution >= 4 is 11.5 Å². The van der Waals surface area contributed by atoms with Gasteiger partial charge in [-0.2, -0.15) is 5.10 Å². The number of aromatic nitrogens is 3. The Kier molecular flexibility index (Phi) is 3.97. The second kappa shape index (κ2) is 6.08. The lowest BCUT2D eigenvalue weighted by Gasteiger charge is -2.10. The van der Waals surface area contributed by atoms with E-state index in [4.69, 9.17) is 4.74 Å². The quantitative estimate of drug-likeness (QED) is 0.692. The maximum absolute atomic E-state index is 12.8. The van der Waals surface area contributed by atoms with Crippen LogP contribution >= 0.6 is 0 Å². The molecule has 0 spiro atoms. The Morgan fingerprint density at radius 2 is 1.96 bits per heavy atom. The lowest BCUT2D eigenvalue weighted by Crippen LogP contribution is -2.27. The second-order valence-corrected chi connectivity index (χ2v) is 5.17. The van der Waals surface area contributed by atoms with Crippen LogP contribution < -0.4 is 5.56 Å². The number of hydrogen-bond acceptors (Lipinski definition) is 4. The summed E-state index contributed by atoms with van der Waals surface area (Å²) in [6, 6.07) is 11.2. The van der Waals surface area contributed by atoms with Crippen LogP contribution in [0, 0.1) is 6.92 Å². The van der Waals surface area contributed by atoms with Gasteiger partial charge >= 0.3 is 5.97 Å². The van der Waals surface area contributed by atoms with Gasteiger partial charge in [0.1, 0.15) is 11.3 Å². The molecule has 3 rings (SSSR count). The first kappa shape index (κ1) is 15.0. The predicted octanol–water partition coefficient (Wildman–Crippen LogP) is 2.03. The van der Waals surface area contributed by atoms with Crippen molar-refractivity contribution in [3.63, 3.8) is 0 Å². The molecule has 0 N–H and O–H groups in total. The molecule has 23 heavy (non-hydrogen) atoms. The monoisotopic (exact) mass is 311 g/mol. The van der Waals surface area contributed by atoms with Crippen molar-refractivity contribution < 1.29 is 9.53 Å². The third-order valence-electron chi connectivity index (χ3n) is 3.64. The molecule has 6 heteroatoms. The molecule has 0 fully saturated rings. The molecule has 0 radical (unpaired) electrons. The molecule has 2 heterocycles. The molecular weight excluding hydrogens is 294 g/mol. The van der Waals surface area contributed by atoms with E-state index in [0.29, 0.717) is 12.4 Å². The van der Waals surface area contributed by atoms with Crippen molar-refractivity contribution in [1.29, 1.82) is 0 Å². The lowest BCUT2D eigenvalue weighted by molar-refractivity contribution is 0.0528. The van der Waals surface area contributed by atoms with E-state index in [1.165, 1.54) is 4.52 Å². The van der Waals surface area contributed by atoms with Crippen molar-refractivity contribution in [2.75, 3.05) is 6.61 Å². The Morgan fingerprint density at radius 1 is 1.22 bits per heavy atom. The van der Waals surface area contributed by atoms with E-state index in [0.717, 1.165) is 5.56 Å². The normalized spacial score (nSPS) is 10.9. The Labute approximate surface area is 132 Å². The van der Waals surface area contributed by atoms with Crippen LogP contribution in [0.1, 0.15) is 28.7 Å². The molecule has 3 aromatic rings. The number of nitrogens with zero attached hydrogens (tertiary/aromatic N) is 3. The molecule has 2 aromatic heterocycles. The van der Waals surface area contributed by atoms with Crippen LogP contribution in [0.25, 0.3) is 5.52 Å². The molecule has 118 valence electrons. The summed E-state index contributed by atoms with van der Waals surface area (Å²) in [5, 5.41) is 4.37. The molecule has 0 aliphatic rings. The fourth-order valence-electron chi connectivity index (χ4n) is 2.53. The zero-order chi connectivity index (χ0) is 16.4. The summed E-state index contributed by atoms with van der Waals surface area (Å²) in [6.45, 7) is 4.16. The predicted molar refractivity (Wildman–Crippen MR) is 85.7 cm³/mol. The van der Waals surface area contributed by atoms with Crippen LogP contribution in [-0.4, -0.2) is 26.8 Å². The van der Waals surface area contributed by atoms with E-state index < -0.39 is 5.97 Å². The molecule has 0 saturated heterocycles. The number of fused-ring (bicyclic) bond motifs is 1. The molecule has 0 saturated carbocycles. The molecule has 6 nitrogen and oxygen atoms in total. The van der Waals surface area contributed by atoms with Gasteiger partial charge in [-0.1, -0.05) is 30.3 Å². The number of rotatable bonds is 4. The number of esters is 1. The second-order valence-electron chi connectivity index (χ2n) is 5.17. The fraction of sp³-hybridized carbons (Fsp3) is 0.235. The number of carbonyl (C=O) groups is 1. The van der Waals surface area contributed by atoms with Crippen LogP contribution in [0.2, 0.25) is 0 Å². The van der Waals surface area contributed by atoms with E-state index in [9.17, 15) is 9.59 Å². The summed E-state index contributed by atoms with van der Waals surface area (Å²) in [7, 11) is 0. The maximum atomic E-state index is 12.8. The zero-order valence-corrected chi connectivity index (χ0v) is 13.0. The number of hydrogen-bond donors (Lipinski definition) is 0. The Balaban J connectivity index is 2.14. The van der Waals surface area contributed by atoms with Gasteiger partial charge in [-0.25, -0.2) is 9.31 Å². The van der Waals surface area contributed by atoms with E-state index in [1.807, 2.05) is 30.3 Å². The van der Waals surface area contributed by atoms with Crippen molar-refractivity contribution in [3.8, 4) is 0 Å². The van der Waals surface area contributed by atoms with Crippen LogP contribution in [-0.2, 0) is 11.3 Å². The average molecular weight is 311 g/mol. The number of carbonyl (C=O) groups excluding carboxylic acids is 1. The van der Waals surface area contributed by atoms with Gasteiger partial charge in [-0.3, -0.25) is 9.36 Å². The average Bonchev–Trinajstić information content (AvgIpc) is 2.96. The minimum absolute atomic E-state index is 0.241.